The normalized spacial score (nSPS) is 25.0. The molecule has 0 bridgehead atoms. The minimum Gasteiger partial charge on any atom is -0.494 e. The summed E-state index contributed by atoms with van der Waals surface area (Å²) in [6, 6.07) is 9.95. The number of nitrogens with one attached hydrogen (secondary N) is 3. The molecule has 2 saturated carbocycles. The Kier molecular flexibility index (Phi) is 13.6. The third kappa shape index (κ3) is 10.8. The molecule has 3 N–H and O–H groups in total. The highest BCUT2D eigenvalue weighted by atomic mass is 32.2. The van der Waals surface area contributed by atoms with Crippen molar-refractivity contribution in [3.63, 3.8) is 0 Å². The van der Waals surface area contributed by atoms with E-state index in [2.05, 4.69) is 15.4 Å². The molecule has 1 aromatic heterocycles. The van der Waals surface area contributed by atoms with E-state index in [0.717, 1.165) is 4.90 Å². The first-order valence-corrected chi connectivity index (χ1v) is 23.7. The highest BCUT2D eigenvalue weighted by Gasteiger charge is 2.62. The first-order chi connectivity index (χ1) is 31.4. The molecule has 0 spiro atoms. The molecule has 3 fully saturated rings. The van der Waals surface area contributed by atoms with Crippen molar-refractivity contribution in [1.82, 2.24) is 25.2 Å². The predicted octanol–water partition coefficient (Wildman–Crippen LogP) is 7.39. The number of alkyl halides is 3. The zero-order valence-corrected chi connectivity index (χ0v) is 39.0. The summed E-state index contributed by atoms with van der Waals surface area (Å²) in [7, 11) is -2.73. The van der Waals surface area contributed by atoms with E-state index in [1.165, 1.54) is 26.2 Å². The number of carbonyl (C=O) groups excluding carboxylic acids is 4. The van der Waals surface area contributed by atoms with Crippen LogP contribution in [0.15, 0.2) is 65.9 Å². The summed E-state index contributed by atoms with van der Waals surface area (Å²) in [5.74, 6) is -3.80. The summed E-state index contributed by atoms with van der Waals surface area (Å²) in [6.07, 6.45) is -2.39. The van der Waals surface area contributed by atoms with Crippen LogP contribution < -0.4 is 29.6 Å². The Morgan fingerprint density at radius 2 is 1.75 bits per heavy atom. The minimum absolute atomic E-state index is 0.0480. The van der Waals surface area contributed by atoms with Crippen LogP contribution in [0.1, 0.15) is 86.5 Å². The fourth-order valence-corrected chi connectivity index (χ4v) is 9.71. The Hall–Kier alpha value is -5.92. The number of ether oxygens (including phenoxy) is 4. The largest absolute Gasteiger partial charge is 0.494 e. The van der Waals surface area contributed by atoms with Gasteiger partial charge >= 0.3 is 12.3 Å². The fraction of sp³-hybridized carbons (Fsp3) is 0.511. The number of alkyl carbamates (subject to hydrolysis) is 1. The lowest BCUT2D eigenvalue weighted by atomic mass is 9.95. The van der Waals surface area contributed by atoms with Crippen molar-refractivity contribution in [2.24, 2.45) is 11.8 Å². The maximum Gasteiger partial charge on any atom is 0.427 e. The Balaban J connectivity index is 1.28. The van der Waals surface area contributed by atoms with Crippen LogP contribution in [-0.2, 0) is 29.1 Å². The van der Waals surface area contributed by atoms with Crippen LogP contribution in [-0.4, -0.2) is 96.6 Å². The van der Waals surface area contributed by atoms with E-state index in [4.69, 9.17) is 23.9 Å². The molecule has 3 heterocycles. The van der Waals surface area contributed by atoms with E-state index in [1.807, 2.05) is 26.8 Å². The van der Waals surface area contributed by atoms with Crippen LogP contribution in [0.2, 0.25) is 0 Å². The molecule has 4 amide bonds. The van der Waals surface area contributed by atoms with Gasteiger partial charge in [-0.1, -0.05) is 19.1 Å². The van der Waals surface area contributed by atoms with Crippen LogP contribution >= 0.6 is 0 Å². The Labute approximate surface area is 386 Å². The lowest BCUT2D eigenvalue weighted by Crippen LogP contribution is -2.57. The summed E-state index contributed by atoms with van der Waals surface area (Å²) in [5, 5.41) is 4.94. The van der Waals surface area contributed by atoms with Crippen molar-refractivity contribution in [2.45, 2.75) is 127 Å². The molecule has 2 aliphatic carbocycles. The number of hydrogen-bond donors (Lipinski definition) is 3. The molecular weight excluding hydrogens is 903 g/mol. The smallest absolute Gasteiger partial charge is 0.427 e. The molecule has 5 unspecified atom stereocenters. The molecule has 0 radical (unpaired) electrons. The summed E-state index contributed by atoms with van der Waals surface area (Å²) < 4.78 is 108. The van der Waals surface area contributed by atoms with E-state index in [-0.39, 0.29) is 60.4 Å². The highest BCUT2D eigenvalue weighted by Crippen LogP contribution is 2.46. The van der Waals surface area contributed by atoms with Gasteiger partial charge in [0.05, 0.1) is 30.7 Å². The van der Waals surface area contributed by atoms with Crippen LogP contribution in [0.4, 0.5) is 22.4 Å². The van der Waals surface area contributed by atoms with Crippen molar-refractivity contribution in [1.29, 1.82) is 0 Å². The predicted molar refractivity (Wildman–Crippen MR) is 238 cm³/mol. The molecular formula is C47H55F4N5O10S. The van der Waals surface area contributed by atoms with E-state index < -0.39 is 86.0 Å². The summed E-state index contributed by atoms with van der Waals surface area (Å²) in [6.45, 7) is 8.13. The molecule has 4 aliphatic rings. The number of aromatic nitrogens is 1. The highest BCUT2D eigenvalue weighted by molar-refractivity contribution is 7.91. The van der Waals surface area contributed by atoms with Crippen LogP contribution in [0.3, 0.4) is 0 Å². The Bertz CT molecular complexity index is 2620. The number of amides is 4. The molecule has 2 aliphatic heterocycles. The fourth-order valence-electron chi connectivity index (χ4n) is 8.35. The van der Waals surface area contributed by atoms with Crippen molar-refractivity contribution in [3.05, 3.63) is 71.7 Å². The van der Waals surface area contributed by atoms with E-state index in [9.17, 15) is 40.8 Å². The molecule has 20 heteroatoms. The SMILES string of the molecule is COc1cc2cc(-c3ccc(OC(C)C)cc3)nc(OC3CC4C(=O)NC5(C(=O)NS(=O)(=O)C6CC6)CC5C=CCCC(C)C/C(C)=C(/NC(=O)OC(C)(C)C(F)(F)F)C(=O)N4C3)c2cc1F. The molecule has 67 heavy (non-hydrogen) atoms. The molecule has 5 atom stereocenters. The Morgan fingerprint density at radius 1 is 1.04 bits per heavy atom. The summed E-state index contributed by atoms with van der Waals surface area (Å²) in [5.41, 5.74) is -3.80. The van der Waals surface area contributed by atoms with Gasteiger partial charge in [0.15, 0.2) is 11.6 Å². The summed E-state index contributed by atoms with van der Waals surface area (Å²) in [4.78, 5) is 62.7. The van der Waals surface area contributed by atoms with Gasteiger partial charge in [-0.05, 0) is 132 Å². The number of benzene rings is 2. The van der Waals surface area contributed by atoms with Crippen molar-refractivity contribution < 1.29 is 64.1 Å². The van der Waals surface area contributed by atoms with E-state index >= 15 is 4.39 Å². The second kappa shape index (κ2) is 18.6. The molecule has 7 rings (SSSR count). The number of hydrogen-bond acceptors (Lipinski definition) is 11. The molecule has 2 aromatic carbocycles. The van der Waals surface area contributed by atoms with Gasteiger partial charge in [-0.3, -0.25) is 24.4 Å². The maximum atomic E-state index is 15.4. The van der Waals surface area contributed by atoms with Gasteiger partial charge < -0.3 is 29.2 Å². The van der Waals surface area contributed by atoms with Gasteiger partial charge in [0.1, 0.15) is 29.1 Å². The maximum absolute atomic E-state index is 15.4. The molecule has 3 aromatic rings. The second-order valence-corrected chi connectivity index (χ2v) is 20.6. The lowest BCUT2D eigenvalue weighted by Gasteiger charge is -2.30. The number of carbonyl (C=O) groups is 4. The lowest BCUT2D eigenvalue weighted by molar-refractivity contribution is -0.243. The third-order valence-electron chi connectivity index (χ3n) is 12.4. The number of halogens is 4. The molecule has 15 nitrogen and oxygen atoms in total. The number of rotatable bonds is 11. The van der Waals surface area contributed by atoms with Gasteiger partial charge in [0.25, 0.3) is 11.8 Å². The molecule has 362 valence electrons. The average molecular weight is 958 g/mol. The van der Waals surface area contributed by atoms with E-state index in [1.54, 1.807) is 36.4 Å². The van der Waals surface area contributed by atoms with Crippen molar-refractivity contribution >= 4 is 44.6 Å². The monoisotopic (exact) mass is 957 g/mol. The minimum atomic E-state index is -4.97. The number of sulfonamides is 1. The Morgan fingerprint density at radius 3 is 2.39 bits per heavy atom. The number of pyridine rings is 1. The van der Waals surface area contributed by atoms with Gasteiger partial charge in [-0.15, -0.1) is 0 Å². The number of fused-ring (bicyclic) bond motifs is 3. The third-order valence-corrected chi connectivity index (χ3v) is 14.2. The van der Waals surface area contributed by atoms with Gasteiger partial charge in [-0.25, -0.2) is 22.6 Å². The number of allylic oxidation sites excluding steroid dienone is 2. The van der Waals surface area contributed by atoms with Crippen molar-refractivity contribution in [3.8, 4) is 28.6 Å². The van der Waals surface area contributed by atoms with Crippen LogP contribution in [0.25, 0.3) is 22.0 Å². The average Bonchev–Trinajstić information content (AvgIpc) is 4.17. The first-order valence-electron chi connectivity index (χ1n) is 22.2. The van der Waals surface area contributed by atoms with Gasteiger partial charge in [0, 0.05) is 23.3 Å². The second-order valence-electron chi connectivity index (χ2n) is 18.6. The quantitative estimate of drug-likeness (QED) is 0.128. The zero-order chi connectivity index (χ0) is 48.8. The zero-order valence-electron chi connectivity index (χ0n) is 38.2. The summed E-state index contributed by atoms with van der Waals surface area (Å²) >= 11 is 0. The van der Waals surface area contributed by atoms with Gasteiger partial charge in [-0.2, -0.15) is 13.2 Å². The van der Waals surface area contributed by atoms with Crippen molar-refractivity contribution in [2.75, 3.05) is 13.7 Å². The van der Waals surface area contributed by atoms with Gasteiger partial charge in [0.2, 0.25) is 27.4 Å². The van der Waals surface area contributed by atoms with Crippen LogP contribution in [0.5, 0.6) is 17.4 Å². The number of nitrogens with zero attached hydrogens (tertiary/aromatic N) is 2. The standard InChI is InChI=1S/C47H55F4N5O10S/c1-25(2)64-31-14-12-28(13-15-31)36-19-29-20-38(63-7)35(48)22-34(29)41(52-36)65-32-21-37-40(57)54-46(43(59)55-67(61,62)33-16-17-33)23-30(46)11-9-8-10-26(3)18-27(4)39(42(58)56(37)24-32)53-44(60)66-45(5,6)47(49,50)51/h9,11-15,19-20,22,25-26,30,32-33,37H,8,10,16-18,21,23-24H2,1-7H3,(H,53,60)(H,54,57)(H,55,59)/b11-9?,39-27+. The topological polar surface area (TPSA) is 192 Å². The van der Waals surface area contributed by atoms with E-state index in [0.29, 0.717) is 61.9 Å². The van der Waals surface area contributed by atoms with Crippen LogP contribution in [0, 0.1) is 17.7 Å². The first kappa shape index (κ1) is 49.0. The molecule has 1 saturated heterocycles. The number of methoxy groups -OCH3 is 1.